The lowest BCUT2D eigenvalue weighted by Crippen LogP contribution is -2.44. The number of hydrogen-bond acceptors (Lipinski definition) is 4. The van der Waals surface area contributed by atoms with E-state index in [1.165, 1.54) is 9.13 Å². The van der Waals surface area contributed by atoms with Crippen LogP contribution < -0.4 is 16.3 Å². The van der Waals surface area contributed by atoms with Crippen LogP contribution in [0.3, 0.4) is 0 Å². The summed E-state index contributed by atoms with van der Waals surface area (Å²) in [5.74, 6) is 0.397. The minimum atomic E-state index is -0.427. The third kappa shape index (κ3) is 1.99. The molecule has 1 aromatic heterocycles. The Morgan fingerprint density at radius 1 is 1.24 bits per heavy atom. The van der Waals surface area contributed by atoms with E-state index >= 15 is 0 Å². The Kier molecular flexibility index (Phi) is 3.04. The first-order chi connectivity index (χ1) is 8.02. The van der Waals surface area contributed by atoms with Crippen LogP contribution in [0.5, 0.6) is 0 Å². The fraction of sp³-hybridized carbons (Fsp3) is 0.727. The number of nitrogens with zero attached hydrogens (tertiary/aromatic N) is 4. The number of anilines is 1. The van der Waals surface area contributed by atoms with Crippen molar-refractivity contribution in [3.63, 3.8) is 0 Å². The summed E-state index contributed by atoms with van der Waals surface area (Å²) < 4.78 is 2.74. The molecule has 1 aliphatic carbocycles. The Morgan fingerprint density at radius 3 is 2.35 bits per heavy atom. The highest BCUT2D eigenvalue weighted by Gasteiger charge is 2.22. The summed E-state index contributed by atoms with van der Waals surface area (Å²) in [4.78, 5) is 29.7. The van der Waals surface area contributed by atoms with Gasteiger partial charge >= 0.3 is 11.4 Å². The molecule has 0 radical (unpaired) electrons. The molecule has 1 heterocycles. The smallest absolute Gasteiger partial charge is 0.348 e. The average Bonchev–Trinajstić information content (AvgIpc) is 2.76. The van der Waals surface area contributed by atoms with Gasteiger partial charge in [-0.2, -0.15) is 4.98 Å². The molecule has 6 nitrogen and oxygen atoms in total. The van der Waals surface area contributed by atoms with E-state index < -0.39 is 5.69 Å². The van der Waals surface area contributed by atoms with Gasteiger partial charge in [-0.05, 0) is 12.8 Å². The van der Waals surface area contributed by atoms with Gasteiger partial charge in [-0.3, -0.25) is 4.57 Å². The zero-order valence-corrected chi connectivity index (χ0v) is 10.5. The van der Waals surface area contributed by atoms with Crippen LogP contribution >= 0.6 is 0 Å². The van der Waals surface area contributed by atoms with E-state index in [9.17, 15) is 9.59 Å². The third-order valence-electron chi connectivity index (χ3n) is 3.28. The number of aromatic nitrogens is 3. The molecule has 0 unspecified atom stereocenters. The zero-order valence-electron chi connectivity index (χ0n) is 10.5. The van der Waals surface area contributed by atoms with E-state index in [1.54, 1.807) is 26.0 Å². The van der Waals surface area contributed by atoms with Gasteiger partial charge in [-0.1, -0.05) is 12.8 Å². The standard InChI is InChI=1S/C11H18N4O2/c1-13(2)9-12-10(16)15(11(17)14(9)3)8-6-4-5-7-8/h8H,4-7H2,1-3H3. The fourth-order valence-electron chi connectivity index (χ4n) is 2.42. The van der Waals surface area contributed by atoms with Crippen molar-refractivity contribution in [2.45, 2.75) is 31.7 Å². The van der Waals surface area contributed by atoms with Crippen LogP contribution in [0.1, 0.15) is 31.7 Å². The summed E-state index contributed by atoms with van der Waals surface area (Å²) in [6.07, 6.45) is 3.96. The normalized spacial score (nSPS) is 16.4. The first kappa shape index (κ1) is 11.9. The summed E-state index contributed by atoms with van der Waals surface area (Å²) in [5.41, 5.74) is -0.690. The minimum absolute atomic E-state index is 0.0323. The van der Waals surface area contributed by atoms with Gasteiger partial charge in [-0.15, -0.1) is 0 Å². The van der Waals surface area contributed by atoms with Crippen molar-refractivity contribution in [3.05, 3.63) is 21.0 Å². The molecule has 1 fully saturated rings. The second-order valence-electron chi connectivity index (χ2n) is 4.74. The molecule has 1 aromatic rings. The fourth-order valence-corrected chi connectivity index (χ4v) is 2.42. The maximum absolute atomic E-state index is 12.2. The van der Waals surface area contributed by atoms with Crippen molar-refractivity contribution in [1.29, 1.82) is 0 Å². The summed E-state index contributed by atoms with van der Waals surface area (Å²) in [5, 5.41) is 0. The third-order valence-corrected chi connectivity index (χ3v) is 3.28. The van der Waals surface area contributed by atoms with Crippen molar-refractivity contribution in [2.75, 3.05) is 19.0 Å². The highest BCUT2D eigenvalue weighted by Crippen LogP contribution is 2.26. The van der Waals surface area contributed by atoms with Gasteiger partial charge in [0.1, 0.15) is 0 Å². The lowest BCUT2D eigenvalue weighted by Gasteiger charge is -2.18. The Balaban J connectivity index is 2.59. The molecule has 94 valence electrons. The van der Waals surface area contributed by atoms with Crippen molar-refractivity contribution in [3.8, 4) is 0 Å². The largest absolute Gasteiger partial charge is 0.355 e. The van der Waals surface area contributed by atoms with Crippen LogP contribution in [0.2, 0.25) is 0 Å². The van der Waals surface area contributed by atoms with Crippen LogP contribution in [0.4, 0.5) is 5.95 Å². The molecule has 0 spiro atoms. The van der Waals surface area contributed by atoms with Gasteiger partial charge in [0.2, 0.25) is 5.95 Å². The first-order valence-corrected chi connectivity index (χ1v) is 5.89. The van der Waals surface area contributed by atoms with Gasteiger partial charge in [-0.25, -0.2) is 14.2 Å². The molecule has 0 atom stereocenters. The second kappa shape index (κ2) is 4.35. The SMILES string of the molecule is CN(C)c1nc(=O)n(C2CCCC2)c(=O)n1C. The zero-order chi connectivity index (χ0) is 12.6. The first-order valence-electron chi connectivity index (χ1n) is 5.89. The van der Waals surface area contributed by atoms with E-state index in [2.05, 4.69) is 4.98 Å². The van der Waals surface area contributed by atoms with Gasteiger partial charge in [0.25, 0.3) is 0 Å². The molecule has 0 saturated heterocycles. The summed E-state index contributed by atoms with van der Waals surface area (Å²) in [6.45, 7) is 0. The van der Waals surface area contributed by atoms with E-state index in [0.717, 1.165) is 25.7 Å². The summed E-state index contributed by atoms with van der Waals surface area (Å²) in [7, 11) is 5.18. The Bertz CT molecular complexity index is 523. The Morgan fingerprint density at radius 2 is 1.82 bits per heavy atom. The van der Waals surface area contributed by atoms with Crippen molar-refractivity contribution in [1.82, 2.24) is 14.1 Å². The van der Waals surface area contributed by atoms with Crippen LogP contribution in [0.25, 0.3) is 0 Å². The Labute approximate surface area is 99.5 Å². The van der Waals surface area contributed by atoms with Gasteiger partial charge in [0.15, 0.2) is 0 Å². The predicted molar refractivity (Wildman–Crippen MR) is 65.6 cm³/mol. The molecule has 17 heavy (non-hydrogen) atoms. The molecule has 1 aliphatic rings. The predicted octanol–water partition coefficient (Wildman–Crippen LogP) is 0.123. The molecule has 0 aliphatic heterocycles. The van der Waals surface area contributed by atoms with E-state index in [-0.39, 0.29) is 11.7 Å². The average molecular weight is 238 g/mol. The molecule has 2 rings (SSSR count). The minimum Gasteiger partial charge on any atom is -0.348 e. The highest BCUT2D eigenvalue weighted by atomic mass is 16.2. The van der Waals surface area contributed by atoms with Gasteiger partial charge in [0, 0.05) is 27.2 Å². The van der Waals surface area contributed by atoms with Gasteiger partial charge < -0.3 is 4.90 Å². The Hall–Kier alpha value is -1.59. The van der Waals surface area contributed by atoms with E-state index in [1.807, 2.05) is 0 Å². The topological polar surface area (TPSA) is 60.1 Å². The summed E-state index contributed by atoms with van der Waals surface area (Å²) >= 11 is 0. The van der Waals surface area contributed by atoms with Crippen LogP contribution in [-0.2, 0) is 7.05 Å². The highest BCUT2D eigenvalue weighted by molar-refractivity contribution is 5.25. The maximum Gasteiger partial charge on any atom is 0.355 e. The molecular weight excluding hydrogens is 220 g/mol. The molecular formula is C11H18N4O2. The molecule has 0 bridgehead atoms. The van der Waals surface area contributed by atoms with Gasteiger partial charge in [0.05, 0.1) is 0 Å². The number of rotatable bonds is 2. The molecule has 0 amide bonds. The molecule has 1 saturated carbocycles. The summed E-state index contributed by atoms with van der Waals surface area (Å²) in [6, 6.07) is 0.0323. The van der Waals surface area contributed by atoms with Crippen LogP contribution in [0.15, 0.2) is 9.59 Å². The van der Waals surface area contributed by atoms with Crippen molar-refractivity contribution < 1.29 is 0 Å². The molecule has 0 aromatic carbocycles. The maximum atomic E-state index is 12.2. The lowest BCUT2D eigenvalue weighted by molar-refractivity contribution is 0.450. The monoisotopic (exact) mass is 238 g/mol. The van der Waals surface area contributed by atoms with Crippen molar-refractivity contribution >= 4 is 5.95 Å². The number of hydrogen-bond donors (Lipinski definition) is 0. The van der Waals surface area contributed by atoms with E-state index in [0.29, 0.717) is 5.95 Å². The van der Waals surface area contributed by atoms with E-state index in [4.69, 9.17) is 0 Å². The van der Waals surface area contributed by atoms with Crippen LogP contribution in [-0.4, -0.2) is 28.2 Å². The molecule has 0 N–H and O–H groups in total. The van der Waals surface area contributed by atoms with Crippen molar-refractivity contribution in [2.24, 2.45) is 7.05 Å². The molecule has 6 heteroatoms. The second-order valence-corrected chi connectivity index (χ2v) is 4.74. The van der Waals surface area contributed by atoms with Crippen LogP contribution in [0, 0.1) is 0 Å². The lowest BCUT2D eigenvalue weighted by atomic mass is 10.2. The quantitative estimate of drug-likeness (QED) is 0.734.